The second-order valence-electron chi connectivity index (χ2n) is 4.66. The topological polar surface area (TPSA) is 84.0 Å². The molecule has 7 heteroatoms. The fraction of sp³-hybridized carbons (Fsp3) is 0.385. The molecule has 0 aromatic carbocycles. The monoisotopic (exact) mass is 273 g/mol. The second kappa shape index (κ2) is 5.38. The highest BCUT2D eigenvalue weighted by molar-refractivity contribution is 5.92. The van der Waals surface area contributed by atoms with Gasteiger partial charge in [0.2, 0.25) is 0 Å². The van der Waals surface area contributed by atoms with Crippen molar-refractivity contribution in [2.45, 2.75) is 13.0 Å². The molecule has 7 nitrogen and oxygen atoms in total. The van der Waals surface area contributed by atoms with E-state index in [1.165, 1.54) is 0 Å². The summed E-state index contributed by atoms with van der Waals surface area (Å²) in [5.41, 5.74) is 2.26. The number of carbonyl (C=O) groups is 1. The smallest absolute Gasteiger partial charge is 0.275 e. The maximum atomic E-state index is 12.6. The van der Waals surface area contributed by atoms with Crippen molar-refractivity contribution >= 4 is 5.91 Å². The molecular weight excluding hydrogens is 258 g/mol. The number of carbonyl (C=O) groups excluding carboxylic acids is 1. The van der Waals surface area contributed by atoms with Crippen molar-refractivity contribution in [3.8, 4) is 0 Å². The minimum atomic E-state index is -0.166. The lowest BCUT2D eigenvalue weighted by Crippen LogP contribution is -2.44. The van der Waals surface area contributed by atoms with Gasteiger partial charge in [0, 0.05) is 12.7 Å². The largest absolute Gasteiger partial charge is 0.377 e. The third kappa shape index (κ3) is 2.27. The van der Waals surface area contributed by atoms with Gasteiger partial charge in [-0.2, -0.15) is 10.2 Å². The van der Waals surface area contributed by atoms with Crippen LogP contribution in [0.2, 0.25) is 0 Å². The van der Waals surface area contributed by atoms with Gasteiger partial charge in [-0.3, -0.25) is 9.89 Å². The van der Waals surface area contributed by atoms with Gasteiger partial charge in [0.15, 0.2) is 5.69 Å². The molecule has 1 saturated heterocycles. The molecule has 0 unspecified atom stereocenters. The Hall–Kier alpha value is -2.28. The number of aromatic nitrogens is 4. The summed E-state index contributed by atoms with van der Waals surface area (Å²) in [7, 11) is 0. The predicted molar refractivity (Wildman–Crippen MR) is 70.0 cm³/mol. The summed E-state index contributed by atoms with van der Waals surface area (Å²) < 4.78 is 5.50. The maximum absolute atomic E-state index is 12.6. The van der Waals surface area contributed by atoms with Crippen molar-refractivity contribution in [2.75, 3.05) is 19.8 Å². The van der Waals surface area contributed by atoms with Crippen LogP contribution in [0.25, 0.3) is 0 Å². The van der Waals surface area contributed by atoms with Crippen LogP contribution in [0, 0.1) is 6.92 Å². The van der Waals surface area contributed by atoms with Crippen LogP contribution < -0.4 is 0 Å². The molecule has 3 rings (SSSR count). The number of ether oxygens (including phenoxy) is 1. The Morgan fingerprint density at radius 3 is 3.15 bits per heavy atom. The van der Waals surface area contributed by atoms with E-state index in [-0.39, 0.29) is 11.9 Å². The fourth-order valence-corrected chi connectivity index (χ4v) is 2.34. The molecule has 2 aromatic rings. The molecule has 20 heavy (non-hydrogen) atoms. The highest BCUT2D eigenvalue weighted by Crippen LogP contribution is 2.26. The van der Waals surface area contributed by atoms with E-state index >= 15 is 0 Å². The number of amides is 1. The Kier molecular flexibility index (Phi) is 3.42. The van der Waals surface area contributed by atoms with Gasteiger partial charge in [-0.15, -0.1) is 5.10 Å². The van der Waals surface area contributed by atoms with Gasteiger partial charge in [0.25, 0.3) is 5.91 Å². The molecule has 0 spiro atoms. The van der Waals surface area contributed by atoms with Crippen LogP contribution in [0.15, 0.2) is 24.5 Å². The van der Waals surface area contributed by atoms with Crippen LogP contribution in [0.3, 0.4) is 0 Å². The van der Waals surface area contributed by atoms with Crippen molar-refractivity contribution in [1.82, 2.24) is 25.3 Å². The van der Waals surface area contributed by atoms with E-state index in [1.807, 2.05) is 6.92 Å². The first-order valence-corrected chi connectivity index (χ1v) is 6.43. The van der Waals surface area contributed by atoms with Crippen molar-refractivity contribution in [2.24, 2.45) is 0 Å². The summed E-state index contributed by atoms with van der Waals surface area (Å²) >= 11 is 0. The van der Waals surface area contributed by atoms with Crippen molar-refractivity contribution < 1.29 is 9.53 Å². The number of rotatable bonds is 2. The number of nitrogens with zero attached hydrogens (tertiary/aromatic N) is 4. The van der Waals surface area contributed by atoms with Gasteiger partial charge in [-0.1, -0.05) is 0 Å². The lowest BCUT2D eigenvalue weighted by atomic mass is 10.1. The van der Waals surface area contributed by atoms with Crippen LogP contribution in [-0.2, 0) is 4.74 Å². The minimum Gasteiger partial charge on any atom is -0.377 e. The van der Waals surface area contributed by atoms with E-state index in [1.54, 1.807) is 29.4 Å². The van der Waals surface area contributed by atoms with E-state index in [4.69, 9.17) is 4.74 Å². The van der Waals surface area contributed by atoms with E-state index in [9.17, 15) is 4.79 Å². The van der Waals surface area contributed by atoms with Gasteiger partial charge in [0.05, 0.1) is 31.1 Å². The zero-order valence-corrected chi connectivity index (χ0v) is 11.1. The molecular formula is C13H15N5O2. The molecule has 1 atom stereocenters. The zero-order chi connectivity index (χ0) is 13.9. The summed E-state index contributed by atoms with van der Waals surface area (Å²) in [4.78, 5) is 14.3. The fourth-order valence-electron chi connectivity index (χ4n) is 2.34. The van der Waals surface area contributed by atoms with Gasteiger partial charge < -0.3 is 9.64 Å². The highest BCUT2D eigenvalue weighted by Gasteiger charge is 2.31. The summed E-state index contributed by atoms with van der Waals surface area (Å²) in [5, 5.41) is 14.6. The Bertz CT molecular complexity index is 598. The molecule has 1 aliphatic heterocycles. The van der Waals surface area contributed by atoms with Gasteiger partial charge in [-0.25, -0.2) is 0 Å². The molecule has 1 aliphatic rings. The molecule has 1 N–H and O–H groups in total. The molecule has 0 bridgehead atoms. The number of H-pyrrole nitrogens is 1. The Balaban J connectivity index is 1.90. The quantitative estimate of drug-likeness (QED) is 0.871. The van der Waals surface area contributed by atoms with Crippen molar-refractivity contribution in [3.63, 3.8) is 0 Å². The lowest BCUT2D eigenvalue weighted by molar-refractivity contribution is -0.00444. The summed E-state index contributed by atoms with van der Waals surface area (Å²) in [6, 6.07) is 3.21. The Morgan fingerprint density at radius 1 is 1.55 bits per heavy atom. The van der Waals surface area contributed by atoms with Crippen molar-refractivity contribution in [3.05, 3.63) is 41.5 Å². The Labute approximate surface area is 116 Å². The molecule has 0 aliphatic carbocycles. The molecule has 1 fully saturated rings. The highest BCUT2D eigenvalue weighted by atomic mass is 16.5. The van der Waals surface area contributed by atoms with Gasteiger partial charge in [0.1, 0.15) is 0 Å². The van der Waals surface area contributed by atoms with E-state index in [2.05, 4.69) is 20.4 Å². The maximum Gasteiger partial charge on any atom is 0.275 e. The molecule has 3 heterocycles. The normalized spacial score (nSPS) is 19.1. The predicted octanol–water partition coefficient (Wildman–Crippen LogP) is 0.722. The third-order valence-electron chi connectivity index (χ3n) is 3.38. The number of aromatic amines is 1. The standard InChI is InChI=1S/C13H15N5O2/c1-9-7-15-17-12(9)11-8-20-6-5-18(11)13(19)10-3-2-4-14-16-10/h2-4,7,11H,5-6,8H2,1H3,(H,15,17)/t11-/m1/s1. The first-order chi connectivity index (χ1) is 9.77. The number of morpholine rings is 1. The van der Waals surface area contributed by atoms with Crippen LogP contribution in [0.1, 0.15) is 27.8 Å². The number of hydrogen-bond acceptors (Lipinski definition) is 5. The van der Waals surface area contributed by atoms with E-state index in [0.29, 0.717) is 25.5 Å². The van der Waals surface area contributed by atoms with Crippen LogP contribution in [0.4, 0.5) is 0 Å². The molecule has 0 radical (unpaired) electrons. The number of hydrogen-bond donors (Lipinski definition) is 1. The summed E-state index contributed by atoms with van der Waals surface area (Å²) in [5.74, 6) is -0.139. The SMILES string of the molecule is Cc1cn[nH]c1[C@H]1COCCN1C(=O)c1cccnn1. The van der Waals surface area contributed by atoms with Crippen LogP contribution >= 0.6 is 0 Å². The minimum absolute atomic E-state index is 0.139. The molecule has 0 saturated carbocycles. The number of nitrogens with one attached hydrogen (secondary N) is 1. The van der Waals surface area contributed by atoms with Crippen molar-refractivity contribution in [1.29, 1.82) is 0 Å². The molecule has 2 aromatic heterocycles. The second-order valence-corrected chi connectivity index (χ2v) is 4.66. The molecule has 104 valence electrons. The first-order valence-electron chi connectivity index (χ1n) is 6.43. The summed E-state index contributed by atoms with van der Waals surface area (Å²) in [6.07, 6.45) is 3.29. The zero-order valence-electron chi connectivity index (χ0n) is 11.1. The Morgan fingerprint density at radius 2 is 2.45 bits per heavy atom. The summed E-state index contributed by atoms with van der Waals surface area (Å²) in [6.45, 7) is 3.46. The third-order valence-corrected chi connectivity index (χ3v) is 3.38. The van der Waals surface area contributed by atoms with Crippen LogP contribution in [0.5, 0.6) is 0 Å². The average molecular weight is 273 g/mol. The van der Waals surface area contributed by atoms with E-state index < -0.39 is 0 Å². The van der Waals surface area contributed by atoms with E-state index in [0.717, 1.165) is 11.3 Å². The van der Waals surface area contributed by atoms with Gasteiger partial charge in [-0.05, 0) is 24.6 Å². The first kappa shape index (κ1) is 12.7. The molecule has 1 amide bonds. The lowest BCUT2D eigenvalue weighted by Gasteiger charge is -2.35. The van der Waals surface area contributed by atoms with Crippen LogP contribution in [-0.4, -0.2) is 51.0 Å². The number of aryl methyl sites for hydroxylation is 1. The van der Waals surface area contributed by atoms with Gasteiger partial charge >= 0.3 is 0 Å². The average Bonchev–Trinajstić information content (AvgIpc) is 2.93.